The van der Waals surface area contributed by atoms with Gasteiger partial charge in [-0.05, 0) is 55.0 Å². The monoisotopic (exact) mass is 471 g/mol. The molecule has 9 heteroatoms. The number of rotatable bonds is 6. The number of benzene rings is 1. The molecule has 0 aliphatic heterocycles. The van der Waals surface area contributed by atoms with E-state index in [0.29, 0.717) is 21.4 Å². The number of nitriles is 1. The molecule has 0 radical (unpaired) electrons. The molecule has 0 saturated carbocycles. The van der Waals surface area contributed by atoms with Crippen molar-refractivity contribution in [2.75, 3.05) is 11.1 Å². The number of amides is 1. The average Bonchev–Trinajstić information content (AvgIpc) is 3.34. The Morgan fingerprint density at radius 2 is 2.26 bits per heavy atom. The first-order chi connectivity index (χ1) is 15.0. The van der Waals surface area contributed by atoms with Crippen molar-refractivity contribution in [1.82, 2.24) is 14.8 Å². The molecule has 3 aromatic rings. The maximum absolute atomic E-state index is 12.4. The minimum Gasteiger partial charge on any atom is -0.324 e. The van der Waals surface area contributed by atoms with Gasteiger partial charge in [-0.3, -0.25) is 4.79 Å². The molecule has 0 spiro atoms. The lowest BCUT2D eigenvalue weighted by Crippen LogP contribution is -2.15. The molecule has 2 heterocycles. The Morgan fingerprint density at radius 1 is 1.42 bits per heavy atom. The third-order valence-corrected chi connectivity index (χ3v) is 8.01. The van der Waals surface area contributed by atoms with Gasteiger partial charge in [0.25, 0.3) is 0 Å². The number of nitrogens with zero attached hydrogens (tertiary/aromatic N) is 4. The average molecular weight is 472 g/mol. The van der Waals surface area contributed by atoms with Crippen LogP contribution in [0.15, 0.2) is 29.4 Å². The van der Waals surface area contributed by atoms with Crippen LogP contribution in [0.5, 0.6) is 0 Å². The summed E-state index contributed by atoms with van der Waals surface area (Å²) >= 11 is 9.10. The van der Waals surface area contributed by atoms with Gasteiger partial charge in [-0.2, -0.15) is 5.26 Å². The normalized spacial score (nSPS) is 15.4. The predicted octanol–water partition coefficient (Wildman–Crippen LogP) is 5.31. The van der Waals surface area contributed by atoms with Crippen LogP contribution in [0.1, 0.15) is 35.8 Å². The lowest BCUT2D eigenvalue weighted by atomic mass is 9.87. The van der Waals surface area contributed by atoms with Crippen molar-refractivity contribution in [1.29, 1.82) is 5.26 Å². The maximum Gasteiger partial charge on any atom is 0.234 e. The van der Waals surface area contributed by atoms with Gasteiger partial charge in [0.05, 0.1) is 21.9 Å². The molecule has 0 bridgehead atoms. The van der Waals surface area contributed by atoms with E-state index < -0.39 is 0 Å². The van der Waals surface area contributed by atoms with E-state index in [1.807, 2.05) is 11.6 Å². The minimum atomic E-state index is -0.231. The minimum absolute atomic E-state index is 0.155. The Morgan fingerprint density at radius 3 is 3.03 bits per heavy atom. The number of fused-ring (bicyclic) bond motifs is 1. The van der Waals surface area contributed by atoms with E-state index in [1.165, 1.54) is 35.0 Å². The van der Waals surface area contributed by atoms with Crippen LogP contribution in [0, 0.1) is 17.2 Å². The number of hydrogen-bond acceptors (Lipinski definition) is 6. The Labute approximate surface area is 194 Å². The summed E-state index contributed by atoms with van der Waals surface area (Å²) < 4.78 is 1.94. The van der Waals surface area contributed by atoms with Gasteiger partial charge in [-0.1, -0.05) is 36.7 Å². The molecule has 2 aromatic heterocycles. The number of aryl methyl sites for hydroxylation is 1. The van der Waals surface area contributed by atoms with Gasteiger partial charge >= 0.3 is 0 Å². The van der Waals surface area contributed by atoms with E-state index in [2.05, 4.69) is 34.6 Å². The van der Waals surface area contributed by atoms with Crippen molar-refractivity contribution in [3.63, 3.8) is 0 Å². The SMILES string of the molecule is CCC1CCc2sc(-c3nnc(SCC(=O)Nc4cc(Cl)ccc4C#N)n3C)cc2C1. The van der Waals surface area contributed by atoms with Gasteiger partial charge in [0, 0.05) is 16.9 Å². The summed E-state index contributed by atoms with van der Waals surface area (Å²) in [6.07, 6.45) is 4.78. The first-order valence-electron chi connectivity index (χ1n) is 10.1. The molecule has 1 aliphatic rings. The van der Waals surface area contributed by atoms with Crippen molar-refractivity contribution < 1.29 is 4.79 Å². The smallest absolute Gasteiger partial charge is 0.234 e. The van der Waals surface area contributed by atoms with Gasteiger partial charge in [0.15, 0.2) is 11.0 Å². The summed E-state index contributed by atoms with van der Waals surface area (Å²) in [5, 5.41) is 21.8. The zero-order valence-corrected chi connectivity index (χ0v) is 19.7. The second kappa shape index (κ2) is 9.43. The van der Waals surface area contributed by atoms with Crippen LogP contribution >= 0.6 is 34.7 Å². The van der Waals surface area contributed by atoms with Crippen molar-refractivity contribution in [3.8, 4) is 16.8 Å². The molecule has 1 amide bonds. The van der Waals surface area contributed by atoms with Crippen LogP contribution in [0.25, 0.3) is 10.7 Å². The standard InChI is InChI=1S/C22H22ClN5OS2/c1-3-13-4-7-18-15(8-13)9-19(31-18)21-26-27-22(28(21)2)30-12-20(29)25-17-10-16(23)6-5-14(17)11-24/h5-6,9-10,13H,3-4,7-8,12H2,1-2H3,(H,25,29). The summed E-state index contributed by atoms with van der Waals surface area (Å²) in [6, 6.07) is 9.10. The van der Waals surface area contributed by atoms with E-state index in [0.717, 1.165) is 29.5 Å². The van der Waals surface area contributed by atoms with Crippen molar-refractivity contribution in [2.24, 2.45) is 13.0 Å². The van der Waals surface area contributed by atoms with Crippen molar-refractivity contribution >= 4 is 46.3 Å². The Balaban J connectivity index is 1.43. The Hall–Kier alpha value is -2.34. The number of carbonyl (C=O) groups excluding carboxylic acids is 1. The molecule has 1 aliphatic carbocycles. The van der Waals surface area contributed by atoms with Crippen LogP contribution < -0.4 is 5.32 Å². The second-order valence-corrected chi connectivity index (χ2v) is 10.1. The Kier molecular flexibility index (Phi) is 6.65. The van der Waals surface area contributed by atoms with Crippen molar-refractivity contribution in [2.45, 2.75) is 37.8 Å². The van der Waals surface area contributed by atoms with Gasteiger partial charge in [-0.15, -0.1) is 21.5 Å². The number of halogens is 1. The molecular formula is C22H22ClN5OS2. The molecule has 4 rings (SSSR count). The fraction of sp³-hybridized carbons (Fsp3) is 0.364. The number of aromatic nitrogens is 3. The van der Waals surface area contributed by atoms with Gasteiger partial charge in [0.2, 0.25) is 5.91 Å². The second-order valence-electron chi connectivity index (χ2n) is 7.58. The maximum atomic E-state index is 12.4. The first-order valence-corrected chi connectivity index (χ1v) is 12.3. The summed E-state index contributed by atoms with van der Waals surface area (Å²) in [4.78, 5) is 15.0. The number of nitrogens with one attached hydrogen (secondary N) is 1. The Bertz CT molecular complexity index is 1160. The lowest BCUT2D eigenvalue weighted by molar-refractivity contribution is -0.113. The molecule has 1 atom stereocenters. The van der Waals surface area contributed by atoms with Crippen LogP contribution in [-0.2, 0) is 24.7 Å². The quantitative estimate of drug-likeness (QED) is 0.492. The summed E-state index contributed by atoms with van der Waals surface area (Å²) in [5.74, 6) is 1.53. The topological polar surface area (TPSA) is 83.6 Å². The van der Waals surface area contributed by atoms with Crippen LogP contribution in [0.2, 0.25) is 5.02 Å². The fourth-order valence-corrected chi connectivity index (χ4v) is 5.86. The highest BCUT2D eigenvalue weighted by Gasteiger charge is 2.22. The molecule has 0 fully saturated rings. The molecule has 31 heavy (non-hydrogen) atoms. The molecule has 6 nitrogen and oxygen atoms in total. The number of hydrogen-bond donors (Lipinski definition) is 1. The predicted molar refractivity (Wildman–Crippen MR) is 126 cm³/mol. The summed E-state index contributed by atoms with van der Waals surface area (Å²) in [7, 11) is 1.92. The molecule has 1 aromatic carbocycles. The number of thiophene rings is 1. The zero-order valence-electron chi connectivity index (χ0n) is 17.3. The highest BCUT2D eigenvalue weighted by atomic mass is 35.5. The fourth-order valence-electron chi connectivity index (χ4n) is 3.75. The highest BCUT2D eigenvalue weighted by Crippen LogP contribution is 2.38. The van der Waals surface area contributed by atoms with E-state index in [1.54, 1.807) is 29.5 Å². The number of carbonyl (C=O) groups is 1. The molecule has 0 saturated heterocycles. The lowest BCUT2D eigenvalue weighted by Gasteiger charge is -2.19. The van der Waals surface area contributed by atoms with E-state index in [-0.39, 0.29) is 11.7 Å². The summed E-state index contributed by atoms with van der Waals surface area (Å²) in [6.45, 7) is 2.26. The third-order valence-electron chi connectivity index (χ3n) is 5.53. The highest BCUT2D eigenvalue weighted by molar-refractivity contribution is 7.99. The van der Waals surface area contributed by atoms with Crippen LogP contribution in [0.4, 0.5) is 5.69 Å². The van der Waals surface area contributed by atoms with Crippen LogP contribution in [0.3, 0.4) is 0 Å². The van der Waals surface area contributed by atoms with Crippen molar-refractivity contribution in [3.05, 3.63) is 45.3 Å². The van der Waals surface area contributed by atoms with E-state index >= 15 is 0 Å². The molecule has 160 valence electrons. The van der Waals surface area contributed by atoms with Gasteiger partial charge < -0.3 is 9.88 Å². The number of anilines is 1. The molecule has 1 unspecified atom stereocenters. The first kappa shape index (κ1) is 21.9. The van der Waals surface area contributed by atoms with Gasteiger partial charge in [0.1, 0.15) is 6.07 Å². The van der Waals surface area contributed by atoms with E-state index in [9.17, 15) is 10.1 Å². The molecule has 1 N–H and O–H groups in total. The van der Waals surface area contributed by atoms with Gasteiger partial charge in [-0.25, -0.2) is 0 Å². The van der Waals surface area contributed by atoms with Crippen LogP contribution in [-0.4, -0.2) is 26.4 Å². The zero-order chi connectivity index (χ0) is 22.0. The summed E-state index contributed by atoms with van der Waals surface area (Å²) in [5.41, 5.74) is 2.23. The number of thioether (sulfide) groups is 1. The van der Waals surface area contributed by atoms with E-state index in [4.69, 9.17) is 11.6 Å². The largest absolute Gasteiger partial charge is 0.324 e. The third kappa shape index (κ3) is 4.79. The molecular weight excluding hydrogens is 450 g/mol.